The molecule has 0 saturated heterocycles. The fraction of sp³-hybridized carbons (Fsp3) is 0.312. The monoisotopic (exact) mass is 347 g/mol. The maximum atomic E-state index is 12.2. The fourth-order valence-electron chi connectivity index (χ4n) is 2.65. The van der Waals surface area contributed by atoms with Crippen molar-refractivity contribution in [2.45, 2.75) is 19.5 Å². The number of hydrogen-bond acceptors (Lipinski definition) is 3. The van der Waals surface area contributed by atoms with Crippen LogP contribution in [0, 0.1) is 0 Å². The summed E-state index contributed by atoms with van der Waals surface area (Å²) in [4.78, 5) is 24.2. The molecule has 0 fully saturated rings. The highest BCUT2D eigenvalue weighted by atomic mass is 35.5. The Morgan fingerprint density at radius 1 is 1.29 bits per heavy atom. The molecule has 0 radical (unpaired) electrons. The van der Waals surface area contributed by atoms with Gasteiger partial charge in [0, 0.05) is 26.8 Å². The van der Waals surface area contributed by atoms with Crippen molar-refractivity contribution < 1.29 is 4.79 Å². The molecule has 0 aliphatic heterocycles. The molecule has 0 spiro atoms. The Bertz CT molecular complexity index is 969. The van der Waals surface area contributed by atoms with Gasteiger partial charge in [-0.05, 0) is 24.6 Å². The van der Waals surface area contributed by atoms with E-state index in [1.165, 1.54) is 10.9 Å². The number of benzene rings is 1. The van der Waals surface area contributed by atoms with Gasteiger partial charge in [-0.2, -0.15) is 5.10 Å². The Morgan fingerprint density at radius 3 is 2.67 bits per heavy atom. The van der Waals surface area contributed by atoms with Crippen LogP contribution in [0.4, 0.5) is 0 Å². The lowest BCUT2D eigenvalue weighted by Gasteiger charge is -2.12. The number of rotatable bonds is 4. The van der Waals surface area contributed by atoms with Crippen molar-refractivity contribution in [3.8, 4) is 0 Å². The molecule has 2 heterocycles. The first-order valence-corrected chi connectivity index (χ1v) is 7.88. The number of aryl methyl sites for hydroxylation is 2. The van der Waals surface area contributed by atoms with Gasteiger partial charge in [-0.25, -0.2) is 4.79 Å². The van der Waals surface area contributed by atoms with Gasteiger partial charge in [-0.3, -0.25) is 18.6 Å². The second-order valence-electron chi connectivity index (χ2n) is 5.76. The molecule has 24 heavy (non-hydrogen) atoms. The summed E-state index contributed by atoms with van der Waals surface area (Å²) < 4.78 is 4.71. The smallest absolute Gasteiger partial charge is 0.328 e. The lowest BCUT2D eigenvalue weighted by atomic mass is 10.2. The van der Waals surface area contributed by atoms with E-state index in [1.807, 2.05) is 18.2 Å². The molecular weight excluding hydrogens is 330 g/mol. The third-order valence-corrected chi connectivity index (χ3v) is 4.34. The quantitative estimate of drug-likeness (QED) is 0.779. The van der Waals surface area contributed by atoms with Gasteiger partial charge in [0.2, 0.25) is 5.91 Å². The summed E-state index contributed by atoms with van der Waals surface area (Å²) >= 11 is 5.82. The third-order valence-electron chi connectivity index (χ3n) is 4.15. The zero-order valence-electron chi connectivity index (χ0n) is 13.7. The van der Waals surface area contributed by atoms with Crippen LogP contribution in [0.2, 0.25) is 5.02 Å². The fourth-order valence-corrected chi connectivity index (χ4v) is 2.79. The molecule has 0 aliphatic rings. The molecule has 1 atom stereocenters. The zero-order chi connectivity index (χ0) is 17.4. The van der Waals surface area contributed by atoms with Crippen molar-refractivity contribution in [3.05, 3.63) is 51.7 Å². The highest BCUT2D eigenvalue weighted by molar-refractivity contribution is 6.30. The molecule has 3 aromatic rings. The molecule has 126 valence electrons. The average Bonchev–Trinajstić information content (AvgIpc) is 3.10. The lowest BCUT2D eigenvalue weighted by molar-refractivity contribution is -0.124. The third kappa shape index (κ3) is 2.82. The Hall–Kier alpha value is -2.54. The van der Waals surface area contributed by atoms with Crippen molar-refractivity contribution in [3.63, 3.8) is 0 Å². The molecule has 0 bridgehead atoms. The Labute approximate surface area is 143 Å². The van der Waals surface area contributed by atoms with E-state index in [-0.39, 0.29) is 11.6 Å². The number of fused-ring (bicyclic) bond motifs is 1. The molecule has 1 aromatic carbocycles. The van der Waals surface area contributed by atoms with Gasteiger partial charge in [0.1, 0.15) is 6.04 Å². The van der Waals surface area contributed by atoms with Crippen LogP contribution >= 0.6 is 11.6 Å². The molecule has 0 aliphatic carbocycles. The number of imidazole rings is 1. The molecule has 7 nitrogen and oxygen atoms in total. The summed E-state index contributed by atoms with van der Waals surface area (Å²) in [6.45, 7) is 2.12. The Kier molecular flexibility index (Phi) is 4.19. The highest BCUT2D eigenvalue weighted by Crippen LogP contribution is 2.15. The number of carbonyl (C=O) groups is 1. The predicted molar refractivity (Wildman–Crippen MR) is 92.0 cm³/mol. The summed E-state index contributed by atoms with van der Waals surface area (Å²) in [6, 6.07) is 5.24. The second kappa shape index (κ2) is 6.16. The van der Waals surface area contributed by atoms with Crippen molar-refractivity contribution in [2.75, 3.05) is 0 Å². The SMILES string of the molecule is CC(C(=O)NCc1ccc2c(c1)n(C)c(=O)n2C)n1cc(Cl)cn1. The first-order valence-electron chi connectivity index (χ1n) is 7.50. The maximum absolute atomic E-state index is 12.2. The summed E-state index contributed by atoms with van der Waals surface area (Å²) in [5.74, 6) is -0.156. The first kappa shape index (κ1) is 16.3. The lowest BCUT2D eigenvalue weighted by Crippen LogP contribution is -2.30. The zero-order valence-corrected chi connectivity index (χ0v) is 14.4. The van der Waals surface area contributed by atoms with E-state index >= 15 is 0 Å². The van der Waals surface area contributed by atoms with E-state index in [2.05, 4.69) is 10.4 Å². The number of carbonyl (C=O) groups excluding carboxylic acids is 1. The number of amides is 1. The molecule has 1 amide bonds. The molecule has 2 aromatic heterocycles. The minimum absolute atomic E-state index is 0.0737. The van der Waals surface area contributed by atoms with E-state index in [9.17, 15) is 9.59 Å². The van der Waals surface area contributed by atoms with Crippen LogP contribution in [0.1, 0.15) is 18.5 Å². The standard InChI is InChI=1S/C16H18ClN5O2/c1-10(22-9-12(17)8-19-22)15(23)18-7-11-4-5-13-14(6-11)21(3)16(24)20(13)2/h4-6,8-10H,7H2,1-3H3,(H,18,23). The van der Waals surface area contributed by atoms with E-state index in [0.717, 1.165) is 16.6 Å². The number of aromatic nitrogens is 4. The Morgan fingerprint density at radius 2 is 2.00 bits per heavy atom. The minimum atomic E-state index is -0.456. The number of nitrogens with zero attached hydrogens (tertiary/aromatic N) is 4. The highest BCUT2D eigenvalue weighted by Gasteiger charge is 2.16. The van der Waals surface area contributed by atoms with Gasteiger partial charge in [-0.1, -0.05) is 17.7 Å². The summed E-state index contributed by atoms with van der Waals surface area (Å²) in [5.41, 5.74) is 2.54. The van der Waals surface area contributed by atoms with Crippen molar-refractivity contribution in [1.82, 2.24) is 24.2 Å². The van der Waals surface area contributed by atoms with Gasteiger partial charge in [0.15, 0.2) is 0 Å². The predicted octanol–water partition coefficient (Wildman–Crippen LogP) is 1.60. The van der Waals surface area contributed by atoms with Crippen LogP contribution in [0.5, 0.6) is 0 Å². The number of halogens is 1. The molecule has 0 saturated carbocycles. The van der Waals surface area contributed by atoms with Crippen LogP contribution in [0.3, 0.4) is 0 Å². The molecule has 1 N–H and O–H groups in total. The van der Waals surface area contributed by atoms with E-state index in [0.29, 0.717) is 11.6 Å². The average molecular weight is 348 g/mol. The minimum Gasteiger partial charge on any atom is -0.350 e. The van der Waals surface area contributed by atoms with Crippen LogP contribution in [-0.2, 0) is 25.4 Å². The summed E-state index contributed by atoms with van der Waals surface area (Å²) in [5, 5.41) is 7.41. The van der Waals surface area contributed by atoms with Crippen LogP contribution in [0.15, 0.2) is 35.4 Å². The van der Waals surface area contributed by atoms with Crippen LogP contribution < -0.4 is 11.0 Å². The van der Waals surface area contributed by atoms with Crippen molar-refractivity contribution in [1.29, 1.82) is 0 Å². The maximum Gasteiger partial charge on any atom is 0.328 e. The van der Waals surface area contributed by atoms with Gasteiger partial charge < -0.3 is 5.32 Å². The number of hydrogen-bond donors (Lipinski definition) is 1. The summed E-state index contributed by atoms with van der Waals surface area (Å²) in [7, 11) is 3.47. The van der Waals surface area contributed by atoms with E-state index in [4.69, 9.17) is 11.6 Å². The van der Waals surface area contributed by atoms with Crippen LogP contribution in [-0.4, -0.2) is 24.8 Å². The second-order valence-corrected chi connectivity index (χ2v) is 6.19. The van der Waals surface area contributed by atoms with Gasteiger partial charge in [0.25, 0.3) is 0 Å². The largest absolute Gasteiger partial charge is 0.350 e. The topological polar surface area (TPSA) is 73.8 Å². The van der Waals surface area contributed by atoms with Gasteiger partial charge in [0.05, 0.1) is 22.3 Å². The van der Waals surface area contributed by atoms with E-state index < -0.39 is 6.04 Å². The van der Waals surface area contributed by atoms with Gasteiger partial charge >= 0.3 is 5.69 Å². The molecular formula is C16H18ClN5O2. The molecule has 3 rings (SSSR count). The van der Waals surface area contributed by atoms with E-state index in [1.54, 1.807) is 36.4 Å². The van der Waals surface area contributed by atoms with Crippen molar-refractivity contribution >= 4 is 28.5 Å². The summed E-state index contributed by atoms with van der Waals surface area (Å²) in [6.07, 6.45) is 3.10. The first-order chi connectivity index (χ1) is 11.4. The van der Waals surface area contributed by atoms with Crippen molar-refractivity contribution in [2.24, 2.45) is 14.1 Å². The van der Waals surface area contributed by atoms with Gasteiger partial charge in [-0.15, -0.1) is 0 Å². The molecule has 8 heteroatoms. The molecule has 1 unspecified atom stereocenters. The van der Waals surface area contributed by atoms with Crippen LogP contribution in [0.25, 0.3) is 11.0 Å². The Balaban J connectivity index is 1.74. The normalized spacial score (nSPS) is 12.5. The number of nitrogens with one attached hydrogen (secondary N) is 1.